The summed E-state index contributed by atoms with van der Waals surface area (Å²) in [4.78, 5) is 19.1. The lowest BCUT2D eigenvalue weighted by Crippen LogP contribution is -2.40. The molecule has 4 rings (SSSR count). The minimum Gasteiger partial charge on any atom is -0.454 e. The smallest absolute Gasteiger partial charge is 0.231 e. The van der Waals surface area contributed by atoms with Crippen LogP contribution >= 0.6 is 0 Å². The minimum absolute atomic E-state index is 0.308. The molecule has 6 nitrogen and oxygen atoms in total. The highest BCUT2D eigenvalue weighted by Gasteiger charge is 2.46. The maximum atomic E-state index is 12.4. The number of likely N-dealkylation sites (N-methyl/N-ethyl adjacent to an activating group) is 1. The Morgan fingerprint density at radius 3 is 2.88 bits per heavy atom. The van der Waals surface area contributed by atoms with Crippen LogP contribution in [0.2, 0.25) is 0 Å². The molecule has 0 radical (unpaired) electrons. The van der Waals surface area contributed by atoms with Gasteiger partial charge >= 0.3 is 0 Å². The molecule has 2 saturated heterocycles. The molecule has 0 aromatic heterocycles. The fourth-order valence-corrected chi connectivity index (χ4v) is 4.08. The SMILES string of the molecule is CN(C)CCN1C(=O)C[C@H]2[C@H]1CCN2Cc1ccc2c(c1)OCO2. The second kappa shape index (κ2) is 6.26. The lowest BCUT2D eigenvalue weighted by Gasteiger charge is -2.26. The van der Waals surface area contributed by atoms with Crippen LogP contribution in [0.4, 0.5) is 0 Å². The van der Waals surface area contributed by atoms with Crippen LogP contribution in [-0.2, 0) is 11.3 Å². The fourth-order valence-electron chi connectivity index (χ4n) is 4.08. The molecule has 2 atom stereocenters. The van der Waals surface area contributed by atoms with Crippen LogP contribution in [0.1, 0.15) is 18.4 Å². The van der Waals surface area contributed by atoms with E-state index in [0.717, 1.165) is 44.1 Å². The highest BCUT2D eigenvalue weighted by molar-refractivity contribution is 5.80. The van der Waals surface area contributed by atoms with E-state index in [4.69, 9.17) is 9.47 Å². The number of ether oxygens (including phenoxy) is 2. The van der Waals surface area contributed by atoms with E-state index in [1.165, 1.54) is 5.56 Å². The van der Waals surface area contributed by atoms with Gasteiger partial charge in [0.25, 0.3) is 0 Å². The third-order valence-corrected chi connectivity index (χ3v) is 5.34. The number of nitrogens with zero attached hydrogens (tertiary/aromatic N) is 3. The Morgan fingerprint density at radius 1 is 1.21 bits per heavy atom. The van der Waals surface area contributed by atoms with Crippen LogP contribution < -0.4 is 9.47 Å². The van der Waals surface area contributed by atoms with E-state index in [1.54, 1.807) is 0 Å². The zero-order valence-corrected chi connectivity index (χ0v) is 14.4. The molecule has 0 N–H and O–H groups in total. The molecule has 1 amide bonds. The highest BCUT2D eigenvalue weighted by atomic mass is 16.7. The van der Waals surface area contributed by atoms with Crippen molar-refractivity contribution in [3.8, 4) is 11.5 Å². The molecule has 3 aliphatic rings. The summed E-state index contributed by atoms with van der Waals surface area (Å²) < 4.78 is 10.8. The maximum Gasteiger partial charge on any atom is 0.231 e. The third kappa shape index (κ3) is 2.84. The molecule has 1 aromatic carbocycles. The summed E-state index contributed by atoms with van der Waals surface area (Å²) in [6, 6.07) is 6.88. The first-order valence-electron chi connectivity index (χ1n) is 8.68. The molecule has 3 aliphatic heterocycles. The minimum atomic E-state index is 0.308. The van der Waals surface area contributed by atoms with E-state index in [2.05, 4.69) is 40.9 Å². The quantitative estimate of drug-likeness (QED) is 0.810. The normalized spacial score (nSPS) is 25.8. The molecule has 24 heavy (non-hydrogen) atoms. The second-order valence-electron chi connectivity index (χ2n) is 7.18. The first-order valence-corrected chi connectivity index (χ1v) is 8.68. The molecule has 0 unspecified atom stereocenters. The van der Waals surface area contributed by atoms with E-state index < -0.39 is 0 Å². The number of carbonyl (C=O) groups excluding carboxylic acids is 1. The molecule has 0 spiro atoms. The van der Waals surface area contributed by atoms with E-state index >= 15 is 0 Å². The lowest BCUT2D eigenvalue weighted by atomic mass is 10.1. The van der Waals surface area contributed by atoms with E-state index in [9.17, 15) is 4.79 Å². The lowest BCUT2D eigenvalue weighted by molar-refractivity contribution is -0.129. The zero-order valence-electron chi connectivity index (χ0n) is 14.4. The van der Waals surface area contributed by atoms with Crippen LogP contribution in [0.25, 0.3) is 0 Å². The Balaban J connectivity index is 1.42. The summed E-state index contributed by atoms with van der Waals surface area (Å²) >= 11 is 0. The van der Waals surface area contributed by atoms with Gasteiger partial charge in [-0.2, -0.15) is 0 Å². The summed E-state index contributed by atoms with van der Waals surface area (Å²) in [7, 11) is 4.11. The molecular formula is C18H25N3O3. The molecule has 130 valence electrons. The van der Waals surface area contributed by atoms with Gasteiger partial charge in [-0.15, -0.1) is 0 Å². The van der Waals surface area contributed by atoms with Crippen molar-refractivity contribution in [3.63, 3.8) is 0 Å². The van der Waals surface area contributed by atoms with Gasteiger partial charge in [-0.3, -0.25) is 9.69 Å². The van der Waals surface area contributed by atoms with Crippen LogP contribution in [0.3, 0.4) is 0 Å². The van der Waals surface area contributed by atoms with Crippen LogP contribution in [-0.4, -0.2) is 73.2 Å². The van der Waals surface area contributed by atoms with Crippen LogP contribution in [0.5, 0.6) is 11.5 Å². The summed E-state index contributed by atoms with van der Waals surface area (Å²) in [6.45, 7) is 3.99. The van der Waals surface area contributed by atoms with E-state index in [-0.39, 0.29) is 0 Å². The predicted octanol–water partition coefficient (Wildman–Crippen LogP) is 1.15. The number of hydrogen-bond donors (Lipinski definition) is 0. The average molecular weight is 331 g/mol. The number of benzene rings is 1. The number of likely N-dealkylation sites (tertiary alicyclic amines) is 2. The summed E-state index contributed by atoms with van der Waals surface area (Å²) in [6.07, 6.45) is 1.73. The van der Waals surface area contributed by atoms with Crippen molar-refractivity contribution in [1.82, 2.24) is 14.7 Å². The van der Waals surface area contributed by atoms with Gasteiger partial charge in [-0.25, -0.2) is 0 Å². The summed E-state index contributed by atoms with van der Waals surface area (Å²) in [5.74, 6) is 1.96. The third-order valence-electron chi connectivity index (χ3n) is 5.34. The predicted molar refractivity (Wildman–Crippen MR) is 90.1 cm³/mol. The van der Waals surface area contributed by atoms with Gasteiger partial charge in [-0.05, 0) is 38.2 Å². The maximum absolute atomic E-state index is 12.4. The fraction of sp³-hybridized carbons (Fsp3) is 0.611. The standard InChI is InChI=1S/C18H25N3O3/c1-19(2)7-8-21-14-5-6-20(15(14)10-18(21)22)11-13-3-4-16-17(9-13)24-12-23-16/h3-4,9,14-15H,5-8,10-12H2,1-2H3/t14-,15+/m1/s1. The van der Waals surface area contributed by atoms with Gasteiger partial charge in [-0.1, -0.05) is 6.07 Å². The van der Waals surface area contributed by atoms with Gasteiger partial charge in [0.1, 0.15) is 0 Å². The number of rotatable bonds is 5. The van der Waals surface area contributed by atoms with Gasteiger partial charge in [0.15, 0.2) is 11.5 Å². The van der Waals surface area contributed by atoms with Crippen molar-refractivity contribution in [3.05, 3.63) is 23.8 Å². The molecule has 0 bridgehead atoms. The van der Waals surface area contributed by atoms with E-state index in [0.29, 0.717) is 31.2 Å². The van der Waals surface area contributed by atoms with Gasteiger partial charge < -0.3 is 19.3 Å². The van der Waals surface area contributed by atoms with Crippen molar-refractivity contribution in [2.75, 3.05) is 40.5 Å². The largest absolute Gasteiger partial charge is 0.454 e. The Labute approximate surface area is 142 Å². The monoisotopic (exact) mass is 331 g/mol. The molecule has 0 saturated carbocycles. The van der Waals surface area contributed by atoms with Crippen molar-refractivity contribution in [1.29, 1.82) is 0 Å². The van der Waals surface area contributed by atoms with Gasteiger partial charge in [0, 0.05) is 44.7 Å². The van der Waals surface area contributed by atoms with Crippen molar-refractivity contribution < 1.29 is 14.3 Å². The number of carbonyl (C=O) groups is 1. The first-order chi connectivity index (χ1) is 11.6. The number of amides is 1. The Hall–Kier alpha value is -1.79. The number of hydrogen-bond acceptors (Lipinski definition) is 5. The van der Waals surface area contributed by atoms with Crippen LogP contribution in [0, 0.1) is 0 Å². The molecule has 3 heterocycles. The van der Waals surface area contributed by atoms with Crippen LogP contribution in [0.15, 0.2) is 18.2 Å². The first kappa shape index (κ1) is 15.7. The second-order valence-corrected chi connectivity index (χ2v) is 7.18. The topological polar surface area (TPSA) is 45.2 Å². The molecule has 2 fully saturated rings. The van der Waals surface area contributed by atoms with Crippen molar-refractivity contribution >= 4 is 5.91 Å². The zero-order chi connectivity index (χ0) is 16.7. The summed E-state index contributed by atoms with van der Waals surface area (Å²) in [5.41, 5.74) is 1.22. The Morgan fingerprint density at radius 2 is 2.04 bits per heavy atom. The molecule has 6 heteroatoms. The summed E-state index contributed by atoms with van der Waals surface area (Å²) in [5, 5.41) is 0. The van der Waals surface area contributed by atoms with Crippen molar-refractivity contribution in [2.45, 2.75) is 31.5 Å². The Bertz CT molecular complexity index is 634. The van der Waals surface area contributed by atoms with E-state index in [1.807, 2.05) is 6.07 Å². The van der Waals surface area contributed by atoms with Gasteiger partial charge in [0.05, 0.1) is 0 Å². The van der Waals surface area contributed by atoms with Gasteiger partial charge in [0.2, 0.25) is 12.7 Å². The average Bonchev–Trinajstić information content (AvgIpc) is 3.22. The molecular weight excluding hydrogens is 306 g/mol. The molecule has 1 aromatic rings. The Kier molecular flexibility index (Phi) is 4.10. The van der Waals surface area contributed by atoms with Crippen molar-refractivity contribution in [2.24, 2.45) is 0 Å². The number of fused-ring (bicyclic) bond motifs is 2. The highest BCUT2D eigenvalue weighted by Crippen LogP contribution is 2.36. The molecule has 0 aliphatic carbocycles.